The Morgan fingerprint density at radius 1 is 1.23 bits per heavy atom. The second-order valence-corrected chi connectivity index (χ2v) is 7.60. The van der Waals surface area contributed by atoms with Gasteiger partial charge in [0.05, 0.1) is 17.6 Å². The largest absolute Gasteiger partial charge is 0.465 e. The van der Waals surface area contributed by atoms with Crippen molar-refractivity contribution in [2.75, 3.05) is 7.11 Å². The van der Waals surface area contributed by atoms with Gasteiger partial charge in [-0.2, -0.15) is 0 Å². The fourth-order valence-corrected chi connectivity index (χ4v) is 4.87. The summed E-state index contributed by atoms with van der Waals surface area (Å²) in [5.74, 6) is -0.647. The number of methoxy groups -OCH3 is 1. The van der Waals surface area contributed by atoms with Crippen LogP contribution >= 0.6 is 0 Å². The lowest BCUT2D eigenvalue weighted by molar-refractivity contribution is 0.0596. The van der Waals surface area contributed by atoms with Crippen molar-refractivity contribution < 1.29 is 17.9 Å². The van der Waals surface area contributed by atoms with Crippen molar-refractivity contribution in [1.82, 2.24) is 10.0 Å². The maximum atomic E-state index is 12.6. The molecule has 2 fully saturated rings. The molecule has 2 aliphatic heterocycles. The van der Waals surface area contributed by atoms with E-state index in [9.17, 15) is 13.2 Å². The summed E-state index contributed by atoms with van der Waals surface area (Å²) in [6, 6.07) is 6.82. The molecule has 22 heavy (non-hydrogen) atoms. The molecule has 2 N–H and O–H groups in total. The molecule has 2 unspecified atom stereocenters. The van der Waals surface area contributed by atoms with Crippen LogP contribution in [0.1, 0.15) is 36.0 Å². The molecule has 2 atom stereocenters. The number of sulfonamides is 1. The van der Waals surface area contributed by atoms with Crippen molar-refractivity contribution in [2.45, 2.75) is 48.7 Å². The van der Waals surface area contributed by atoms with Crippen LogP contribution in [0.4, 0.5) is 0 Å². The SMILES string of the molecule is COC(=O)c1ccccc1S(=O)(=O)NC1CC2CCC(C1)N2. The first kappa shape index (κ1) is 15.5. The zero-order chi connectivity index (χ0) is 15.7. The Hall–Kier alpha value is -1.44. The third-order valence-corrected chi connectivity index (χ3v) is 5.96. The van der Waals surface area contributed by atoms with E-state index in [0.29, 0.717) is 12.1 Å². The average molecular weight is 324 g/mol. The van der Waals surface area contributed by atoms with E-state index in [1.54, 1.807) is 12.1 Å². The molecule has 3 rings (SSSR count). The molecule has 120 valence electrons. The van der Waals surface area contributed by atoms with E-state index < -0.39 is 16.0 Å². The van der Waals surface area contributed by atoms with E-state index in [2.05, 4.69) is 14.8 Å². The Labute approximate surface area is 130 Å². The summed E-state index contributed by atoms with van der Waals surface area (Å²) < 4.78 is 32.7. The van der Waals surface area contributed by atoms with E-state index in [0.717, 1.165) is 25.7 Å². The molecule has 2 heterocycles. The summed E-state index contributed by atoms with van der Waals surface area (Å²) in [6.45, 7) is 0. The number of esters is 1. The third-order valence-electron chi connectivity index (χ3n) is 4.38. The maximum Gasteiger partial charge on any atom is 0.339 e. The Bertz CT molecular complexity index is 662. The number of hydrogen-bond donors (Lipinski definition) is 2. The lowest BCUT2D eigenvalue weighted by Crippen LogP contribution is -2.48. The number of hydrogen-bond acceptors (Lipinski definition) is 5. The van der Waals surface area contributed by atoms with Crippen LogP contribution in [-0.2, 0) is 14.8 Å². The Kier molecular flexibility index (Phi) is 4.20. The molecular weight excluding hydrogens is 304 g/mol. The molecule has 0 aliphatic carbocycles. The first-order valence-electron chi connectivity index (χ1n) is 7.45. The lowest BCUT2D eigenvalue weighted by atomic mass is 10.0. The van der Waals surface area contributed by atoms with Gasteiger partial charge in [0.1, 0.15) is 0 Å². The monoisotopic (exact) mass is 324 g/mol. The van der Waals surface area contributed by atoms with Crippen LogP contribution in [0.5, 0.6) is 0 Å². The first-order chi connectivity index (χ1) is 10.5. The van der Waals surface area contributed by atoms with Gasteiger partial charge >= 0.3 is 5.97 Å². The zero-order valence-electron chi connectivity index (χ0n) is 12.4. The molecule has 2 bridgehead atoms. The van der Waals surface area contributed by atoms with Gasteiger partial charge in [-0.15, -0.1) is 0 Å². The van der Waals surface area contributed by atoms with Crippen LogP contribution in [0.3, 0.4) is 0 Å². The average Bonchev–Trinajstić information content (AvgIpc) is 2.85. The fourth-order valence-electron chi connectivity index (χ4n) is 3.42. The summed E-state index contributed by atoms with van der Waals surface area (Å²) in [6.07, 6.45) is 3.77. The molecule has 1 aromatic carbocycles. The molecule has 6 nitrogen and oxygen atoms in total. The molecule has 0 saturated carbocycles. The van der Waals surface area contributed by atoms with E-state index in [1.807, 2.05) is 0 Å². The molecule has 2 saturated heterocycles. The smallest absolute Gasteiger partial charge is 0.339 e. The minimum Gasteiger partial charge on any atom is -0.465 e. The molecule has 1 aromatic rings. The van der Waals surface area contributed by atoms with Gasteiger partial charge in [-0.25, -0.2) is 17.9 Å². The fraction of sp³-hybridized carbons (Fsp3) is 0.533. The topological polar surface area (TPSA) is 84.5 Å². The summed E-state index contributed by atoms with van der Waals surface area (Å²) in [7, 11) is -2.50. The minimum atomic E-state index is -3.74. The van der Waals surface area contributed by atoms with Crippen LogP contribution in [-0.4, -0.2) is 39.6 Å². The molecule has 0 aromatic heterocycles. The van der Waals surface area contributed by atoms with Gasteiger partial charge in [-0.05, 0) is 37.8 Å². The van der Waals surface area contributed by atoms with Crippen molar-refractivity contribution in [3.8, 4) is 0 Å². The van der Waals surface area contributed by atoms with Gasteiger partial charge < -0.3 is 10.1 Å². The summed E-state index contributed by atoms with van der Waals surface area (Å²) in [4.78, 5) is 11.7. The van der Waals surface area contributed by atoms with E-state index in [-0.39, 0.29) is 16.5 Å². The van der Waals surface area contributed by atoms with Crippen LogP contribution < -0.4 is 10.0 Å². The standard InChI is InChI=1S/C15H20N2O4S/c1-21-15(18)13-4-2-3-5-14(13)22(19,20)17-12-8-10-6-7-11(9-12)16-10/h2-5,10-12,16-17H,6-9H2,1H3. The van der Waals surface area contributed by atoms with E-state index in [4.69, 9.17) is 0 Å². The number of piperidine rings is 1. The minimum absolute atomic E-state index is 0.0206. The highest BCUT2D eigenvalue weighted by Gasteiger charge is 2.36. The van der Waals surface area contributed by atoms with Gasteiger partial charge in [0.15, 0.2) is 0 Å². The number of carbonyl (C=O) groups excluding carboxylic acids is 1. The van der Waals surface area contributed by atoms with E-state index >= 15 is 0 Å². The van der Waals surface area contributed by atoms with Crippen molar-refractivity contribution in [1.29, 1.82) is 0 Å². The third kappa shape index (κ3) is 3.02. The maximum absolute atomic E-state index is 12.6. The summed E-state index contributed by atoms with van der Waals surface area (Å²) >= 11 is 0. The highest BCUT2D eigenvalue weighted by atomic mass is 32.2. The summed E-state index contributed by atoms with van der Waals surface area (Å²) in [5, 5.41) is 3.48. The van der Waals surface area contributed by atoms with Crippen LogP contribution in [0.15, 0.2) is 29.2 Å². The van der Waals surface area contributed by atoms with Crippen molar-refractivity contribution in [3.05, 3.63) is 29.8 Å². The van der Waals surface area contributed by atoms with Gasteiger partial charge in [0.2, 0.25) is 10.0 Å². The quantitative estimate of drug-likeness (QED) is 0.808. The van der Waals surface area contributed by atoms with Crippen LogP contribution in [0.2, 0.25) is 0 Å². The highest BCUT2D eigenvalue weighted by molar-refractivity contribution is 7.89. The second-order valence-electron chi connectivity index (χ2n) is 5.92. The normalized spacial score (nSPS) is 27.6. The van der Waals surface area contributed by atoms with E-state index in [1.165, 1.54) is 19.2 Å². The highest BCUT2D eigenvalue weighted by Crippen LogP contribution is 2.28. The Morgan fingerprint density at radius 3 is 2.50 bits per heavy atom. The lowest BCUT2D eigenvalue weighted by Gasteiger charge is -2.29. The van der Waals surface area contributed by atoms with Crippen LogP contribution in [0.25, 0.3) is 0 Å². The molecular formula is C15H20N2O4S. The molecule has 7 heteroatoms. The Balaban J connectivity index is 1.83. The first-order valence-corrected chi connectivity index (χ1v) is 8.93. The molecule has 0 radical (unpaired) electrons. The Morgan fingerprint density at radius 2 is 1.86 bits per heavy atom. The van der Waals surface area contributed by atoms with Gasteiger partial charge in [0.25, 0.3) is 0 Å². The van der Waals surface area contributed by atoms with Crippen molar-refractivity contribution >= 4 is 16.0 Å². The number of carbonyl (C=O) groups is 1. The number of ether oxygens (including phenoxy) is 1. The van der Waals surface area contributed by atoms with Crippen molar-refractivity contribution in [2.24, 2.45) is 0 Å². The number of benzene rings is 1. The van der Waals surface area contributed by atoms with Crippen molar-refractivity contribution in [3.63, 3.8) is 0 Å². The number of fused-ring (bicyclic) bond motifs is 2. The van der Waals surface area contributed by atoms with Gasteiger partial charge in [0, 0.05) is 18.1 Å². The van der Waals surface area contributed by atoms with Gasteiger partial charge in [-0.1, -0.05) is 12.1 Å². The molecule has 2 aliphatic rings. The number of rotatable bonds is 4. The zero-order valence-corrected chi connectivity index (χ0v) is 13.2. The number of nitrogens with one attached hydrogen (secondary N) is 2. The molecule has 0 spiro atoms. The van der Waals surface area contributed by atoms with Gasteiger partial charge in [-0.3, -0.25) is 0 Å². The predicted octanol–water partition coefficient (Wildman–Crippen LogP) is 1.03. The van der Waals surface area contributed by atoms with Crippen LogP contribution in [0, 0.1) is 0 Å². The summed E-state index contributed by atoms with van der Waals surface area (Å²) in [5.41, 5.74) is 0.0643. The second kappa shape index (κ2) is 5.98. The molecule has 0 amide bonds. The predicted molar refractivity (Wildman–Crippen MR) is 81.1 cm³/mol.